The highest BCUT2D eigenvalue weighted by Gasteiger charge is 2.21. The van der Waals surface area contributed by atoms with Crippen molar-refractivity contribution in [1.29, 1.82) is 0 Å². The fourth-order valence-corrected chi connectivity index (χ4v) is 4.42. The number of aromatic nitrogens is 1. The predicted octanol–water partition coefficient (Wildman–Crippen LogP) is 6.74. The molecule has 2 aromatic carbocycles. The monoisotopic (exact) mass is 436 g/mol. The van der Waals surface area contributed by atoms with Crippen LogP contribution in [0, 0.1) is 13.8 Å². The minimum Gasteiger partial charge on any atom is -0.495 e. The SMILES string of the molecule is COc1cc(Cl)c(C)cc1NC(=O)c1scc(-c2ccc(C)cc2)c1-n1cccc1. The highest BCUT2D eigenvalue weighted by molar-refractivity contribution is 7.13. The van der Waals surface area contributed by atoms with Crippen LogP contribution < -0.4 is 10.1 Å². The first kappa shape index (κ1) is 20.3. The Morgan fingerprint density at radius 2 is 1.80 bits per heavy atom. The van der Waals surface area contributed by atoms with Gasteiger partial charge in [-0.3, -0.25) is 4.79 Å². The average molecular weight is 437 g/mol. The number of nitrogens with one attached hydrogen (secondary N) is 1. The van der Waals surface area contributed by atoms with Crippen LogP contribution in [0.25, 0.3) is 16.8 Å². The van der Waals surface area contributed by atoms with Crippen molar-refractivity contribution in [3.63, 3.8) is 0 Å². The number of carbonyl (C=O) groups excluding carboxylic acids is 1. The number of hydrogen-bond donors (Lipinski definition) is 1. The number of methoxy groups -OCH3 is 1. The van der Waals surface area contributed by atoms with Gasteiger partial charge in [0.25, 0.3) is 5.91 Å². The summed E-state index contributed by atoms with van der Waals surface area (Å²) in [4.78, 5) is 13.9. The zero-order chi connectivity index (χ0) is 21.3. The van der Waals surface area contributed by atoms with Gasteiger partial charge in [0.05, 0.1) is 18.5 Å². The van der Waals surface area contributed by atoms with E-state index in [-0.39, 0.29) is 5.91 Å². The number of halogens is 1. The van der Waals surface area contributed by atoms with Crippen LogP contribution in [0.5, 0.6) is 5.75 Å². The maximum absolute atomic E-state index is 13.3. The number of amides is 1. The normalized spacial score (nSPS) is 10.8. The molecule has 0 bridgehead atoms. The van der Waals surface area contributed by atoms with E-state index in [1.54, 1.807) is 13.2 Å². The van der Waals surface area contributed by atoms with Gasteiger partial charge in [0.15, 0.2) is 0 Å². The molecule has 0 aliphatic heterocycles. The molecule has 152 valence electrons. The molecule has 0 saturated heterocycles. The molecule has 4 nitrogen and oxygen atoms in total. The first-order valence-corrected chi connectivity index (χ1v) is 10.7. The fourth-order valence-electron chi connectivity index (χ4n) is 3.30. The molecule has 2 heterocycles. The standard InChI is InChI=1S/C24H21ClN2O2S/c1-15-6-8-17(9-7-15)18-14-30-23(22(18)27-10-4-5-11-27)24(28)26-20-12-16(2)19(25)13-21(20)29-3/h4-14H,1-3H3,(H,26,28). The molecule has 0 unspecified atom stereocenters. The summed E-state index contributed by atoms with van der Waals surface area (Å²) in [6.07, 6.45) is 3.90. The van der Waals surface area contributed by atoms with E-state index < -0.39 is 0 Å². The lowest BCUT2D eigenvalue weighted by atomic mass is 10.0. The lowest BCUT2D eigenvalue weighted by Crippen LogP contribution is -2.14. The molecule has 4 aromatic rings. The molecule has 0 aliphatic rings. The largest absolute Gasteiger partial charge is 0.495 e. The zero-order valence-corrected chi connectivity index (χ0v) is 18.5. The van der Waals surface area contributed by atoms with Gasteiger partial charge in [-0.05, 0) is 43.2 Å². The molecular weight excluding hydrogens is 416 g/mol. The Bertz CT molecular complexity index is 1190. The highest BCUT2D eigenvalue weighted by Crippen LogP contribution is 2.37. The number of hydrogen-bond acceptors (Lipinski definition) is 3. The van der Waals surface area contributed by atoms with Gasteiger partial charge in [0.1, 0.15) is 10.6 Å². The maximum Gasteiger partial charge on any atom is 0.268 e. The van der Waals surface area contributed by atoms with Crippen molar-refractivity contribution in [2.75, 3.05) is 12.4 Å². The Hall–Kier alpha value is -3.02. The molecule has 4 rings (SSSR count). The minimum atomic E-state index is -0.193. The van der Waals surface area contributed by atoms with E-state index in [4.69, 9.17) is 16.3 Å². The van der Waals surface area contributed by atoms with E-state index in [9.17, 15) is 4.79 Å². The lowest BCUT2D eigenvalue weighted by molar-refractivity contribution is 0.103. The molecule has 1 amide bonds. The quantitative estimate of drug-likeness (QED) is 0.376. The predicted molar refractivity (Wildman–Crippen MR) is 125 cm³/mol. The molecule has 30 heavy (non-hydrogen) atoms. The summed E-state index contributed by atoms with van der Waals surface area (Å²) in [5.74, 6) is 0.332. The number of aryl methyl sites for hydroxylation is 2. The zero-order valence-electron chi connectivity index (χ0n) is 16.9. The van der Waals surface area contributed by atoms with E-state index in [0.717, 1.165) is 22.4 Å². The molecule has 0 aliphatic carbocycles. The van der Waals surface area contributed by atoms with Crippen LogP contribution in [0.1, 0.15) is 20.8 Å². The lowest BCUT2D eigenvalue weighted by Gasteiger charge is -2.13. The Morgan fingerprint density at radius 3 is 2.47 bits per heavy atom. The number of ether oxygens (including phenoxy) is 1. The van der Waals surface area contributed by atoms with E-state index >= 15 is 0 Å². The second-order valence-corrected chi connectivity index (χ2v) is 8.33. The van der Waals surface area contributed by atoms with Crippen LogP contribution in [0.2, 0.25) is 5.02 Å². The van der Waals surface area contributed by atoms with E-state index in [1.807, 2.05) is 47.5 Å². The average Bonchev–Trinajstić information content (AvgIpc) is 3.40. The van der Waals surface area contributed by atoms with Crippen LogP contribution in [-0.2, 0) is 0 Å². The number of nitrogens with zero attached hydrogens (tertiary/aromatic N) is 1. The Kier molecular flexibility index (Phi) is 5.66. The van der Waals surface area contributed by atoms with Crippen LogP contribution in [0.4, 0.5) is 5.69 Å². The molecule has 2 aromatic heterocycles. The van der Waals surface area contributed by atoms with E-state index in [1.165, 1.54) is 16.9 Å². The van der Waals surface area contributed by atoms with Crippen molar-refractivity contribution in [1.82, 2.24) is 4.57 Å². The van der Waals surface area contributed by atoms with Crippen LogP contribution in [0.3, 0.4) is 0 Å². The van der Waals surface area contributed by atoms with E-state index in [0.29, 0.717) is 21.3 Å². The summed E-state index contributed by atoms with van der Waals surface area (Å²) >= 11 is 7.62. The number of rotatable bonds is 5. The van der Waals surface area contributed by atoms with Crippen molar-refractivity contribution >= 4 is 34.5 Å². The van der Waals surface area contributed by atoms with Gasteiger partial charge in [0.2, 0.25) is 0 Å². The maximum atomic E-state index is 13.3. The third-order valence-electron chi connectivity index (χ3n) is 4.93. The van der Waals surface area contributed by atoms with Gasteiger partial charge in [-0.15, -0.1) is 11.3 Å². The van der Waals surface area contributed by atoms with E-state index in [2.05, 4.69) is 36.5 Å². The third kappa shape index (κ3) is 3.86. The number of anilines is 1. The van der Waals surface area contributed by atoms with Crippen molar-refractivity contribution in [2.45, 2.75) is 13.8 Å². The molecule has 0 spiro atoms. The smallest absolute Gasteiger partial charge is 0.268 e. The molecular formula is C24H21ClN2O2S. The van der Waals surface area contributed by atoms with Gasteiger partial charge in [-0.2, -0.15) is 0 Å². The number of thiophene rings is 1. The van der Waals surface area contributed by atoms with Gasteiger partial charge < -0.3 is 14.6 Å². The van der Waals surface area contributed by atoms with Crippen molar-refractivity contribution in [2.24, 2.45) is 0 Å². The molecule has 0 radical (unpaired) electrons. The summed E-state index contributed by atoms with van der Waals surface area (Å²) < 4.78 is 7.38. The first-order valence-electron chi connectivity index (χ1n) is 9.45. The summed E-state index contributed by atoms with van der Waals surface area (Å²) in [6.45, 7) is 3.95. The second-order valence-electron chi connectivity index (χ2n) is 7.04. The summed E-state index contributed by atoms with van der Waals surface area (Å²) in [6, 6.07) is 15.7. The topological polar surface area (TPSA) is 43.3 Å². The first-order chi connectivity index (χ1) is 14.5. The summed E-state index contributed by atoms with van der Waals surface area (Å²) in [7, 11) is 1.56. The van der Waals surface area contributed by atoms with Crippen molar-refractivity contribution in [3.8, 4) is 22.6 Å². The van der Waals surface area contributed by atoms with Crippen molar-refractivity contribution in [3.05, 3.63) is 87.3 Å². The van der Waals surface area contributed by atoms with Gasteiger partial charge >= 0.3 is 0 Å². The second kappa shape index (κ2) is 8.38. The van der Waals surface area contributed by atoms with Crippen molar-refractivity contribution < 1.29 is 9.53 Å². The molecule has 0 atom stereocenters. The summed E-state index contributed by atoms with van der Waals surface area (Å²) in [5, 5.41) is 5.62. The third-order valence-corrected chi connectivity index (χ3v) is 6.30. The summed E-state index contributed by atoms with van der Waals surface area (Å²) in [5.41, 5.74) is 5.59. The van der Waals surface area contributed by atoms with Crippen LogP contribution in [0.15, 0.2) is 66.3 Å². The number of carbonyl (C=O) groups is 1. The van der Waals surface area contributed by atoms with Gasteiger partial charge in [0, 0.05) is 34.4 Å². The molecule has 0 fully saturated rings. The Morgan fingerprint density at radius 1 is 1.10 bits per heavy atom. The molecule has 1 N–H and O–H groups in total. The van der Waals surface area contributed by atoms with Crippen LogP contribution in [-0.4, -0.2) is 17.6 Å². The Labute approximate surface area is 184 Å². The molecule has 6 heteroatoms. The number of benzene rings is 2. The highest BCUT2D eigenvalue weighted by atomic mass is 35.5. The van der Waals surface area contributed by atoms with Gasteiger partial charge in [-0.25, -0.2) is 0 Å². The Balaban J connectivity index is 1.77. The fraction of sp³-hybridized carbons (Fsp3) is 0.125. The van der Waals surface area contributed by atoms with Crippen LogP contribution >= 0.6 is 22.9 Å². The minimum absolute atomic E-state index is 0.193. The molecule has 0 saturated carbocycles. The van der Waals surface area contributed by atoms with Gasteiger partial charge in [-0.1, -0.05) is 41.4 Å².